The fraction of sp³-hybridized carbons (Fsp3) is 0.333. The monoisotopic (exact) mass is 389 g/mol. The zero-order chi connectivity index (χ0) is 19.9. The third kappa shape index (κ3) is 3.63. The van der Waals surface area contributed by atoms with Crippen LogP contribution in [0.5, 0.6) is 0 Å². The summed E-state index contributed by atoms with van der Waals surface area (Å²) in [6.45, 7) is 6.64. The van der Waals surface area contributed by atoms with Gasteiger partial charge in [0.15, 0.2) is 10.8 Å². The van der Waals surface area contributed by atoms with Gasteiger partial charge in [-0.15, -0.1) is 11.3 Å². The van der Waals surface area contributed by atoms with Crippen LogP contribution < -0.4 is 5.69 Å². The molecule has 0 unspecified atom stereocenters. The molecule has 0 saturated carbocycles. The fourth-order valence-electron chi connectivity index (χ4n) is 2.73. The molecule has 1 N–H and O–H groups in total. The Morgan fingerprint density at radius 3 is 2.41 bits per heavy atom. The average Bonchev–Trinajstić information content (AvgIpc) is 3.04. The molecule has 0 atom stereocenters. The van der Waals surface area contributed by atoms with Gasteiger partial charge in [-0.1, -0.05) is 12.1 Å². The Morgan fingerprint density at radius 1 is 1.22 bits per heavy atom. The minimum atomic E-state index is -1.15. The van der Waals surface area contributed by atoms with Crippen LogP contribution in [0.4, 0.5) is 0 Å². The molecule has 1 aromatic carbocycles. The normalized spacial score (nSPS) is 11.7. The van der Waals surface area contributed by atoms with Crippen LogP contribution in [0.25, 0.3) is 16.2 Å². The number of nitrogens with zero attached hydrogens (tertiary/aromatic N) is 3. The Bertz CT molecular complexity index is 1100. The van der Waals surface area contributed by atoms with Crippen molar-refractivity contribution in [3.63, 3.8) is 0 Å². The second kappa shape index (κ2) is 6.66. The number of rotatable bonds is 4. The third-order valence-corrected chi connectivity index (χ3v) is 4.68. The van der Waals surface area contributed by atoms with E-state index in [4.69, 9.17) is 4.74 Å². The highest BCUT2D eigenvalue weighted by Crippen LogP contribution is 2.24. The molecule has 0 fully saturated rings. The third-order valence-electron chi connectivity index (χ3n) is 3.72. The predicted molar refractivity (Wildman–Crippen MR) is 101 cm³/mol. The molecular formula is C18H19N3O5S. The van der Waals surface area contributed by atoms with Gasteiger partial charge in [-0.2, -0.15) is 0 Å². The van der Waals surface area contributed by atoms with E-state index in [1.807, 2.05) is 0 Å². The second-order valence-corrected chi connectivity index (χ2v) is 8.17. The molecule has 0 saturated heterocycles. The van der Waals surface area contributed by atoms with Gasteiger partial charge in [-0.25, -0.2) is 19.1 Å². The number of hydrogen-bond donors (Lipinski definition) is 1. The zero-order valence-electron chi connectivity index (χ0n) is 15.3. The second-order valence-electron chi connectivity index (χ2n) is 6.99. The number of aromatic nitrogens is 3. The van der Waals surface area contributed by atoms with E-state index in [1.165, 1.54) is 9.13 Å². The molecule has 0 bridgehead atoms. The standard InChI is InChI=1S/C18H19N3O5S/c1-10-14(15(23)24)19-16(27-10)21-12-8-6-5-7-11(12)20(17(21)25)9-13(22)26-18(2,3)4/h5-8H,9H2,1-4H3,(H,23,24). The molecule has 0 aliphatic carbocycles. The minimum absolute atomic E-state index is 0.0918. The summed E-state index contributed by atoms with van der Waals surface area (Å²) in [5.41, 5.74) is -0.157. The number of aryl methyl sites for hydroxylation is 1. The van der Waals surface area contributed by atoms with Crippen molar-refractivity contribution in [3.8, 4) is 5.13 Å². The number of carboxylic acid groups (broad SMARTS) is 1. The molecule has 0 radical (unpaired) electrons. The van der Waals surface area contributed by atoms with Gasteiger partial charge < -0.3 is 9.84 Å². The number of carboxylic acids is 1. The van der Waals surface area contributed by atoms with Crippen LogP contribution in [0.2, 0.25) is 0 Å². The smallest absolute Gasteiger partial charge is 0.355 e. The molecule has 8 nitrogen and oxygen atoms in total. The first-order chi connectivity index (χ1) is 12.6. The number of imidazole rings is 1. The van der Waals surface area contributed by atoms with E-state index in [0.717, 1.165) is 11.3 Å². The largest absolute Gasteiger partial charge is 0.476 e. The van der Waals surface area contributed by atoms with Gasteiger partial charge in [-0.05, 0) is 39.8 Å². The van der Waals surface area contributed by atoms with Gasteiger partial charge in [0.1, 0.15) is 12.1 Å². The van der Waals surface area contributed by atoms with Gasteiger partial charge in [-0.3, -0.25) is 9.36 Å². The van der Waals surface area contributed by atoms with Crippen LogP contribution in [-0.2, 0) is 16.1 Å². The molecule has 142 valence electrons. The number of para-hydroxylation sites is 2. The minimum Gasteiger partial charge on any atom is -0.476 e. The highest BCUT2D eigenvalue weighted by molar-refractivity contribution is 7.14. The van der Waals surface area contributed by atoms with Crippen molar-refractivity contribution in [2.75, 3.05) is 0 Å². The zero-order valence-corrected chi connectivity index (χ0v) is 16.2. The van der Waals surface area contributed by atoms with Crippen LogP contribution in [0.15, 0.2) is 29.1 Å². The molecule has 0 aliphatic heterocycles. The number of esters is 1. The van der Waals surface area contributed by atoms with E-state index >= 15 is 0 Å². The molecule has 2 aromatic heterocycles. The van der Waals surface area contributed by atoms with Crippen molar-refractivity contribution in [1.29, 1.82) is 0 Å². The highest BCUT2D eigenvalue weighted by Gasteiger charge is 2.23. The first-order valence-electron chi connectivity index (χ1n) is 8.21. The van der Waals surface area contributed by atoms with Crippen molar-refractivity contribution in [1.82, 2.24) is 14.1 Å². The summed E-state index contributed by atoms with van der Waals surface area (Å²) >= 11 is 1.11. The van der Waals surface area contributed by atoms with E-state index in [9.17, 15) is 19.5 Å². The molecule has 27 heavy (non-hydrogen) atoms. The SMILES string of the molecule is Cc1sc(-n2c(=O)n(CC(=O)OC(C)(C)C)c3ccccc32)nc1C(=O)O. The molecule has 9 heteroatoms. The molecule has 0 spiro atoms. The maximum Gasteiger partial charge on any atom is 0.355 e. The van der Waals surface area contributed by atoms with E-state index < -0.39 is 23.2 Å². The van der Waals surface area contributed by atoms with Gasteiger partial charge in [0.2, 0.25) is 0 Å². The Labute approximate surface area is 158 Å². The number of carbonyl (C=O) groups excluding carboxylic acids is 1. The van der Waals surface area contributed by atoms with Crippen molar-refractivity contribution in [2.24, 2.45) is 0 Å². The van der Waals surface area contributed by atoms with Crippen LogP contribution in [0.3, 0.4) is 0 Å². The molecular weight excluding hydrogens is 370 g/mol. The Balaban J connectivity index is 2.14. The van der Waals surface area contributed by atoms with E-state index in [0.29, 0.717) is 15.9 Å². The van der Waals surface area contributed by atoms with Crippen LogP contribution >= 0.6 is 11.3 Å². The van der Waals surface area contributed by atoms with Gasteiger partial charge in [0.25, 0.3) is 0 Å². The maximum atomic E-state index is 13.0. The number of carbonyl (C=O) groups is 2. The van der Waals surface area contributed by atoms with E-state index in [-0.39, 0.29) is 17.4 Å². The Morgan fingerprint density at radius 2 is 1.85 bits per heavy atom. The summed E-state index contributed by atoms with van der Waals surface area (Å²) < 4.78 is 7.95. The predicted octanol–water partition coefficient (Wildman–Crippen LogP) is 2.60. The summed E-state index contributed by atoms with van der Waals surface area (Å²) in [5.74, 6) is -1.69. The lowest BCUT2D eigenvalue weighted by Gasteiger charge is -2.19. The molecule has 3 aromatic rings. The van der Waals surface area contributed by atoms with Gasteiger partial charge >= 0.3 is 17.6 Å². The van der Waals surface area contributed by atoms with Crippen molar-refractivity contribution < 1.29 is 19.4 Å². The quantitative estimate of drug-likeness (QED) is 0.688. The highest BCUT2D eigenvalue weighted by atomic mass is 32.1. The number of aromatic carboxylic acids is 1. The lowest BCUT2D eigenvalue weighted by atomic mass is 10.2. The number of ether oxygens (including phenoxy) is 1. The first-order valence-corrected chi connectivity index (χ1v) is 9.03. The molecule has 0 aliphatic rings. The fourth-order valence-corrected chi connectivity index (χ4v) is 3.63. The number of thiazole rings is 1. The molecule has 2 heterocycles. The summed E-state index contributed by atoms with van der Waals surface area (Å²) in [4.78, 5) is 41.1. The summed E-state index contributed by atoms with van der Waals surface area (Å²) in [6.07, 6.45) is 0. The van der Waals surface area contributed by atoms with Crippen molar-refractivity contribution >= 4 is 34.3 Å². The average molecular weight is 389 g/mol. The van der Waals surface area contributed by atoms with Crippen LogP contribution in [0.1, 0.15) is 36.1 Å². The Kier molecular flexibility index (Phi) is 4.64. The molecule has 3 rings (SSSR count). The lowest BCUT2D eigenvalue weighted by molar-refractivity contribution is -0.155. The lowest BCUT2D eigenvalue weighted by Crippen LogP contribution is -2.31. The van der Waals surface area contributed by atoms with E-state index in [1.54, 1.807) is 52.0 Å². The summed E-state index contributed by atoms with van der Waals surface area (Å²) in [5, 5.41) is 9.48. The molecule has 0 amide bonds. The topological polar surface area (TPSA) is 103 Å². The summed E-state index contributed by atoms with van der Waals surface area (Å²) in [7, 11) is 0. The van der Waals surface area contributed by atoms with Gasteiger partial charge in [0, 0.05) is 4.88 Å². The van der Waals surface area contributed by atoms with Crippen molar-refractivity contribution in [3.05, 3.63) is 45.3 Å². The number of benzene rings is 1. The van der Waals surface area contributed by atoms with Crippen LogP contribution in [-0.4, -0.2) is 36.8 Å². The first kappa shape index (κ1) is 18.8. The van der Waals surface area contributed by atoms with Crippen molar-refractivity contribution in [2.45, 2.75) is 39.8 Å². The van der Waals surface area contributed by atoms with Crippen LogP contribution in [0, 0.1) is 6.92 Å². The van der Waals surface area contributed by atoms with Gasteiger partial charge in [0.05, 0.1) is 11.0 Å². The number of fused-ring (bicyclic) bond motifs is 1. The number of hydrogen-bond acceptors (Lipinski definition) is 6. The maximum absolute atomic E-state index is 13.0. The Hall–Kier alpha value is -2.94. The summed E-state index contributed by atoms with van der Waals surface area (Å²) in [6, 6.07) is 6.96. The van der Waals surface area contributed by atoms with E-state index in [2.05, 4.69) is 4.98 Å².